The zero-order valence-corrected chi connectivity index (χ0v) is 14.8. The largest absolute Gasteiger partial charge is 0.497 e. The van der Waals surface area contributed by atoms with Crippen LogP contribution in [-0.2, 0) is 9.31 Å². The summed E-state index contributed by atoms with van der Waals surface area (Å²) in [6.45, 7) is 16.9. The van der Waals surface area contributed by atoms with Gasteiger partial charge in [0.15, 0.2) is 0 Å². The van der Waals surface area contributed by atoms with Crippen molar-refractivity contribution in [2.24, 2.45) is 5.41 Å². The molecule has 0 saturated carbocycles. The molecule has 2 N–H and O–H groups in total. The van der Waals surface area contributed by atoms with Gasteiger partial charge in [0.1, 0.15) is 0 Å². The predicted octanol–water partition coefficient (Wildman–Crippen LogP) is 2.08. The third-order valence-corrected chi connectivity index (χ3v) is 4.84. The van der Waals surface area contributed by atoms with Crippen LogP contribution in [0, 0.1) is 10.8 Å². The van der Waals surface area contributed by atoms with Crippen molar-refractivity contribution in [1.29, 1.82) is 5.41 Å². The minimum absolute atomic E-state index is 0.372. The van der Waals surface area contributed by atoms with Crippen molar-refractivity contribution < 1.29 is 9.31 Å². The Balaban J connectivity index is 1.81. The van der Waals surface area contributed by atoms with Crippen LogP contribution in [0.4, 0.5) is 0 Å². The van der Waals surface area contributed by atoms with E-state index < -0.39 is 7.12 Å². The summed E-state index contributed by atoms with van der Waals surface area (Å²) in [5.74, 6) is 0. The van der Waals surface area contributed by atoms with E-state index in [4.69, 9.17) is 14.7 Å². The van der Waals surface area contributed by atoms with E-state index in [1.54, 1.807) is 0 Å². The van der Waals surface area contributed by atoms with Crippen molar-refractivity contribution >= 4 is 13.3 Å². The van der Waals surface area contributed by atoms with Crippen molar-refractivity contribution in [3.63, 3.8) is 0 Å². The lowest BCUT2D eigenvalue weighted by atomic mass is 9.79. The van der Waals surface area contributed by atoms with Crippen molar-refractivity contribution in [2.45, 2.75) is 52.7 Å². The van der Waals surface area contributed by atoms with Crippen LogP contribution in [0.15, 0.2) is 11.7 Å². The van der Waals surface area contributed by atoms with E-state index in [2.05, 4.69) is 24.1 Å². The lowest BCUT2D eigenvalue weighted by molar-refractivity contribution is 0.00578. The van der Waals surface area contributed by atoms with Gasteiger partial charge in [0.25, 0.3) is 0 Å². The van der Waals surface area contributed by atoms with Gasteiger partial charge in [-0.1, -0.05) is 13.8 Å². The van der Waals surface area contributed by atoms with Crippen molar-refractivity contribution in [2.75, 3.05) is 26.2 Å². The summed E-state index contributed by atoms with van der Waals surface area (Å²) >= 11 is 0. The van der Waals surface area contributed by atoms with Gasteiger partial charge in [-0.3, -0.25) is 0 Å². The quantitative estimate of drug-likeness (QED) is 0.448. The molecule has 0 aromatic heterocycles. The highest BCUT2D eigenvalue weighted by atomic mass is 16.7. The fraction of sp³-hybridized carbons (Fsp3) is 0.812. The molecule has 0 radical (unpaired) electrons. The van der Waals surface area contributed by atoms with Gasteiger partial charge in [-0.15, -0.1) is 0 Å². The maximum Gasteiger partial charge on any atom is 0.497 e. The summed E-state index contributed by atoms with van der Waals surface area (Å²) in [5.41, 5.74) is 0.451. The molecule has 5 nitrogen and oxygen atoms in total. The maximum atomic E-state index is 7.60. The van der Waals surface area contributed by atoms with E-state index in [-0.39, 0.29) is 11.2 Å². The average molecular weight is 307 g/mol. The number of nitrogens with one attached hydrogen (secondary N) is 2. The van der Waals surface area contributed by atoms with Crippen LogP contribution in [0.2, 0.25) is 0 Å². The molecule has 2 fully saturated rings. The highest BCUT2D eigenvalue weighted by Crippen LogP contribution is 2.38. The van der Waals surface area contributed by atoms with Gasteiger partial charge in [-0.2, -0.15) is 0 Å². The molecule has 0 aliphatic carbocycles. The lowest BCUT2D eigenvalue weighted by Crippen LogP contribution is -2.54. The van der Waals surface area contributed by atoms with E-state index >= 15 is 0 Å². The topological polar surface area (TPSA) is 57.6 Å². The number of allylic oxidation sites excluding steroid dienone is 1. The Labute approximate surface area is 135 Å². The third kappa shape index (κ3) is 3.73. The summed E-state index contributed by atoms with van der Waals surface area (Å²) in [4.78, 5) is 2.43. The monoisotopic (exact) mass is 307 g/mol. The molecular weight excluding hydrogens is 277 g/mol. The van der Waals surface area contributed by atoms with Crippen molar-refractivity contribution in [3.8, 4) is 0 Å². The molecule has 2 saturated heterocycles. The van der Waals surface area contributed by atoms with E-state index in [1.165, 1.54) is 6.21 Å². The first-order valence-corrected chi connectivity index (χ1v) is 8.08. The fourth-order valence-electron chi connectivity index (χ4n) is 2.89. The average Bonchev–Trinajstić information content (AvgIpc) is 2.55. The normalized spacial score (nSPS) is 26.6. The molecule has 6 heteroatoms. The van der Waals surface area contributed by atoms with Crippen LogP contribution in [0.5, 0.6) is 0 Å². The van der Waals surface area contributed by atoms with Crippen molar-refractivity contribution in [1.82, 2.24) is 10.2 Å². The van der Waals surface area contributed by atoms with E-state index in [0.29, 0.717) is 5.41 Å². The van der Waals surface area contributed by atoms with Gasteiger partial charge in [-0.25, -0.2) is 0 Å². The molecular formula is C16H30BN3O2. The summed E-state index contributed by atoms with van der Waals surface area (Å²) < 4.78 is 11.9. The van der Waals surface area contributed by atoms with Gasteiger partial charge >= 0.3 is 7.12 Å². The van der Waals surface area contributed by atoms with Gasteiger partial charge in [-0.05, 0) is 39.3 Å². The number of likely N-dealkylation sites (tertiary alicyclic amines) is 1. The molecule has 0 aromatic rings. The number of hydrogen-bond acceptors (Lipinski definition) is 5. The van der Waals surface area contributed by atoms with Crippen LogP contribution in [0.1, 0.15) is 41.5 Å². The molecule has 124 valence electrons. The Kier molecular flexibility index (Phi) is 4.76. The first-order valence-electron chi connectivity index (χ1n) is 8.08. The summed E-state index contributed by atoms with van der Waals surface area (Å²) in [5, 5.41) is 10.9. The number of rotatable bonds is 6. The molecule has 0 spiro atoms. The van der Waals surface area contributed by atoms with E-state index in [1.807, 2.05) is 33.9 Å². The summed E-state index contributed by atoms with van der Waals surface area (Å²) in [6, 6.07) is 0. The molecule has 2 rings (SSSR count). The van der Waals surface area contributed by atoms with Crippen LogP contribution in [-0.4, -0.2) is 55.6 Å². The maximum absolute atomic E-state index is 7.60. The molecule has 22 heavy (non-hydrogen) atoms. The van der Waals surface area contributed by atoms with Crippen LogP contribution in [0.3, 0.4) is 0 Å². The smallest absolute Gasteiger partial charge is 0.399 e. The zero-order chi connectivity index (χ0) is 16.6. The lowest BCUT2D eigenvalue weighted by Gasteiger charge is -2.45. The van der Waals surface area contributed by atoms with E-state index in [0.717, 1.165) is 31.7 Å². The second kappa shape index (κ2) is 5.98. The molecule has 2 heterocycles. The second-order valence-electron chi connectivity index (χ2n) is 8.21. The zero-order valence-electron chi connectivity index (χ0n) is 14.8. The minimum Gasteiger partial charge on any atom is -0.399 e. The number of nitrogens with zero attached hydrogens (tertiary/aromatic N) is 1. The Morgan fingerprint density at radius 3 is 2.14 bits per heavy atom. The highest BCUT2D eigenvalue weighted by Gasteiger charge is 2.52. The van der Waals surface area contributed by atoms with Gasteiger partial charge in [0.2, 0.25) is 0 Å². The first-order chi connectivity index (χ1) is 10.1. The minimum atomic E-state index is -0.474. The molecule has 0 bridgehead atoms. The fourth-order valence-corrected chi connectivity index (χ4v) is 2.89. The Morgan fingerprint density at radius 1 is 1.14 bits per heavy atom. The predicted molar refractivity (Wildman–Crippen MR) is 91.2 cm³/mol. The molecule has 0 atom stereocenters. The molecule has 0 amide bonds. The van der Waals surface area contributed by atoms with E-state index in [9.17, 15) is 0 Å². The van der Waals surface area contributed by atoms with Gasteiger partial charge in [0, 0.05) is 37.9 Å². The molecule has 2 aliphatic rings. The van der Waals surface area contributed by atoms with Gasteiger partial charge in [0.05, 0.1) is 11.2 Å². The molecule has 0 unspecified atom stereocenters. The van der Waals surface area contributed by atoms with Crippen LogP contribution >= 0.6 is 0 Å². The molecule has 2 aliphatic heterocycles. The van der Waals surface area contributed by atoms with Crippen molar-refractivity contribution in [3.05, 3.63) is 11.7 Å². The standard InChI is InChI=1S/C16H30BN3O2/c1-14(2)11-20(12-14)8-7-19-10-13(9-18)17-21-15(3,4)16(5,6)22-17/h9-10,18-19H,7-8,11-12H2,1-6H3/b13-10+,18-9?. The Bertz CT molecular complexity index is 436. The van der Waals surface area contributed by atoms with Gasteiger partial charge < -0.3 is 24.9 Å². The van der Waals surface area contributed by atoms with Crippen LogP contribution < -0.4 is 5.32 Å². The Morgan fingerprint density at radius 2 is 1.68 bits per heavy atom. The summed E-state index contributed by atoms with van der Waals surface area (Å²) in [6.07, 6.45) is 3.15. The molecule has 0 aromatic carbocycles. The Hall–Kier alpha value is -0.845. The van der Waals surface area contributed by atoms with Crippen LogP contribution in [0.25, 0.3) is 0 Å². The number of hydrogen-bond donors (Lipinski definition) is 2. The first kappa shape index (κ1) is 17.5. The second-order valence-corrected chi connectivity index (χ2v) is 8.21. The SMILES string of the molecule is CC1(C)CN(CCN/C=C(\C=N)B2OC(C)(C)C(C)(C)O2)C1. The summed E-state index contributed by atoms with van der Waals surface area (Å²) in [7, 11) is -0.474. The highest BCUT2D eigenvalue weighted by molar-refractivity contribution is 6.60. The third-order valence-electron chi connectivity index (χ3n) is 4.84.